The minimum Gasteiger partial charge on any atom is -0.283 e. The monoisotopic (exact) mass is 371 g/mol. The number of para-hydroxylation sites is 1. The zero-order valence-electron chi connectivity index (χ0n) is 13.5. The second kappa shape index (κ2) is 6.52. The number of nitrogens with one attached hydrogen (secondary N) is 1. The Hall–Kier alpha value is -3.33. The van der Waals surface area contributed by atoms with Crippen LogP contribution in [0.2, 0.25) is 0 Å². The van der Waals surface area contributed by atoms with Gasteiger partial charge in [0.15, 0.2) is 0 Å². The van der Waals surface area contributed by atoms with Crippen LogP contribution in [-0.4, -0.2) is 31.6 Å². The molecule has 0 fully saturated rings. The highest BCUT2D eigenvalue weighted by molar-refractivity contribution is 7.92. The van der Waals surface area contributed by atoms with Gasteiger partial charge in [-0.2, -0.15) is 10.1 Å². The van der Waals surface area contributed by atoms with E-state index < -0.39 is 27.5 Å². The molecule has 9 heteroatoms. The zero-order valence-corrected chi connectivity index (χ0v) is 14.4. The maximum atomic E-state index is 12.4. The summed E-state index contributed by atoms with van der Waals surface area (Å²) < 4.78 is 27.2. The van der Waals surface area contributed by atoms with E-state index in [1.165, 1.54) is 31.2 Å². The van der Waals surface area contributed by atoms with E-state index in [4.69, 9.17) is 0 Å². The lowest BCUT2D eigenvalue weighted by atomic mass is 10.1. The Balaban J connectivity index is 1.88. The predicted molar refractivity (Wildman–Crippen MR) is 94.3 cm³/mol. The third kappa shape index (κ3) is 3.24. The summed E-state index contributed by atoms with van der Waals surface area (Å²) in [5.74, 6) is -3.21. The van der Waals surface area contributed by atoms with E-state index in [-0.39, 0.29) is 16.3 Å². The molecular formula is C17H13N3O5S. The number of carbonyl (C=O) groups is 3. The molecule has 0 aliphatic carbocycles. The standard InChI is InChI=1S/C17H13N3O5S/c1-11-15(21)16(22)17(23)20(18-11)13-7-9-14(10-8-13)26(24,25)19-12-5-3-2-4-6-12/h2-10,19H,1H3. The summed E-state index contributed by atoms with van der Waals surface area (Å²) in [5, 5.41) is 4.57. The first-order valence-corrected chi connectivity index (χ1v) is 8.94. The SMILES string of the molecule is CC1=NN(c2ccc(S(=O)(=O)Nc3ccccc3)cc2)C(=O)C(=O)C1=O. The van der Waals surface area contributed by atoms with Gasteiger partial charge in [-0.3, -0.25) is 19.1 Å². The fourth-order valence-corrected chi connectivity index (χ4v) is 3.32. The van der Waals surface area contributed by atoms with Crippen LogP contribution in [0.15, 0.2) is 64.6 Å². The zero-order chi connectivity index (χ0) is 18.9. The summed E-state index contributed by atoms with van der Waals surface area (Å²) in [5.41, 5.74) is 0.470. The lowest BCUT2D eigenvalue weighted by Gasteiger charge is -2.20. The second-order valence-electron chi connectivity index (χ2n) is 5.43. The number of rotatable bonds is 4. The van der Waals surface area contributed by atoms with Crippen molar-refractivity contribution in [1.29, 1.82) is 0 Å². The number of nitrogens with zero attached hydrogens (tertiary/aromatic N) is 2. The van der Waals surface area contributed by atoms with Gasteiger partial charge in [0.1, 0.15) is 5.71 Å². The first kappa shape index (κ1) is 17.5. The van der Waals surface area contributed by atoms with Crippen molar-refractivity contribution >= 4 is 44.6 Å². The normalized spacial score (nSPS) is 15.0. The molecule has 3 rings (SSSR count). The van der Waals surface area contributed by atoms with Gasteiger partial charge in [-0.15, -0.1) is 0 Å². The van der Waals surface area contributed by atoms with Crippen LogP contribution >= 0.6 is 0 Å². The van der Waals surface area contributed by atoms with Gasteiger partial charge in [0.05, 0.1) is 10.6 Å². The molecule has 0 aromatic heterocycles. The van der Waals surface area contributed by atoms with Gasteiger partial charge in [0.25, 0.3) is 21.6 Å². The van der Waals surface area contributed by atoms with Crippen molar-refractivity contribution in [2.75, 3.05) is 9.73 Å². The van der Waals surface area contributed by atoms with E-state index in [1.54, 1.807) is 30.3 Å². The molecule has 132 valence electrons. The van der Waals surface area contributed by atoms with Crippen LogP contribution in [0.3, 0.4) is 0 Å². The van der Waals surface area contributed by atoms with Crippen LogP contribution in [0.1, 0.15) is 6.92 Å². The van der Waals surface area contributed by atoms with Crippen LogP contribution in [0.25, 0.3) is 0 Å². The molecule has 0 bridgehead atoms. The van der Waals surface area contributed by atoms with Crippen molar-refractivity contribution in [1.82, 2.24) is 0 Å². The lowest BCUT2D eigenvalue weighted by molar-refractivity contribution is -0.142. The van der Waals surface area contributed by atoms with Gasteiger partial charge in [-0.25, -0.2) is 8.42 Å². The van der Waals surface area contributed by atoms with E-state index in [0.717, 1.165) is 5.01 Å². The maximum Gasteiger partial charge on any atom is 0.323 e. The summed E-state index contributed by atoms with van der Waals surface area (Å²) in [7, 11) is -3.81. The largest absolute Gasteiger partial charge is 0.323 e. The Morgan fingerprint density at radius 3 is 2.12 bits per heavy atom. The predicted octanol–water partition coefficient (Wildman–Crippen LogP) is 1.35. The fourth-order valence-electron chi connectivity index (χ4n) is 2.26. The maximum absolute atomic E-state index is 12.4. The number of hydrogen-bond donors (Lipinski definition) is 1. The van der Waals surface area contributed by atoms with E-state index in [2.05, 4.69) is 9.82 Å². The minimum atomic E-state index is -3.81. The number of Topliss-reactive ketones (excluding diaryl/α,β-unsaturated/α-hetero) is 2. The van der Waals surface area contributed by atoms with Gasteiger partial charge in [0.2, 0.25) is 0 Å². The minimum absolute atomic E-state index is 0.0299. The Morgan fingerprint density at radius 1 is 0.885 bits per heavy atom. The summed E-state index contributed by atoms with van der Waals surface area (Å²) in [6.45, 7) is 1.32. The number of ketones is 2. The van der Waals surface area contributed by atoms with Gasteiger partial charge >= 0.3 is 5.91 Å². The third-order valence-corrected chi connectivity index (χ3v) is 4.99. The van der Waals surface area contributed by atoms with Crippen molar-refractivity contribution < 1.29 is 22.8 Å². The summed E-state index contributed by atoms with van der Waals surface area (Å²) in [6.07, 6.45) is 0. The summed E-state index contributed by atoms with van der Waals surface area (Å²) >= 11 is 0. The molecule has 2 aromatic carbocycles. The van der Waals surface area contributed by atoms with Crippen molar-refractivity contribution in [2.45, 2.75) is 11.8 Å². The Labute approximate surface area is 149 Å². The molecule has 1 heterocycles. The number of hydrazone groups is 1. The topological polar surface area (TPSA) is 113 Å². The Bertz CT molecular complexity index is 1030. The number of carbonyl (C=O) groups excluding carboxylic acids is 3. The molecular weight excluding hydrogens is 358 g/mol. The van der Waals surface area contributed by atoms with Crippen LogP contribution < -0.4 is 9.73 Å². The van der Waals surface area contributed by atoms with Gasteiger partial charge in [-0.05, 0) is 43.3 Å². The average Bonchev–Trinajstić information content (AvgIpc) is 2.63. The van der Waals surface area contributed by atoms with E-state index in [9.17, 15) is 22.8 Å². The van der Waals surface area contributed by atoms with Crippen LogP contribution in [-0.2, 0) is 24.4 Å². The molecule has 0 unspecified atom stereocenters. The number of amides is 1. The number of benzene rings is 2. The highest BCUT2D eigenvalue weighted by Gasteiger charge is 2.35. The number of sulfonamides is 1. The third-order valence-electron chi connectivity index (χ3n) is 3.59. The van der Waals surface area contributed by atoms with Gasteiger partial charge in [0, 0.05) is 5.69 Å². The van der Waals surface area contributed by atoms with E-state index in [1.807, 2.05) is 0 Å². The molecule has 1 aliphatic rings. The molecule has 0 radical (unpaired) electrons. The Kier molecular flexibility index (Phi) is 4.39. The van der Waals surface area contributed by atoms with E-state index >= 15 is 0 Å². The van der Waals surface area contributed by atoms with E-state index in [0.29, 0.717) is 5.69 Å². The molecule has 0 spiro atoms. The molecule has 1 amide bonds. The first-order valence-electron chi connectivity index (χ1n) is 7.46. The van der Waals surface area contributed by atoms with Crippen LogP contribution in [0.4, 0.5) is 11.4 Å². The second-order valence-corrected chi connectivity index (χ2v) is 7.11. The molecule has 26 heavy (non-hydrogen) atoms. The number of hydrogen-bond acceptors (Lipinski definition) is 6. The molecule has 0 saturated carbocycles. The highest BCUT2D eigenvalue weighted by Crippen LogP contribution is 2.22. The average molecular weight is 371 g/mol. The van der Waals surface area contributed by atoms with Crippen LogP contribution in [0, 0.1) is 0 Å². The number of anilines is 2. The van der Waals surface area contributed by atoms with Crippen molar-refractivity contribution in [2.24, 2.45) is 5.10 Å². The summed E-state index contributed by atoms with van der Waals surface area (Å²) in [6, 6.07) is 13.6. The van der Waals surface area contributed by atoms with Crippen molar-refractivity contribution in [3.05, 3.63) is 54.6 Å². The molecule has 8 nitrogen and oxygen atoms in total. The van der Waals surface area contributed by atoms with Gasteiger partial charge < -0.3 is 0 Å². The fraction of sp³-hybridized carbons (Fsp3) is 0.0588. The van der Waals surface area contributed by atoms with Gasteiger partial charge in [-0.1, -0.05) is 18.2 Å². The lowest BCUT2D eigenvalue weighted by Crippen LogP contribution is -2.44. The first-order chi connectivity index (χ1) is 12.3. The molecule has 0 saturated heterocycles. The summed E-state index contributed by atoms with van der Waals surface area (Å²) in [4.78, 5) is 35.0. The van der Waals surface area contributed by atoms with Crippen LogP contribution in [0.5, 0.6) is 0 Å². The molecule has 2 aromatic rings. The highest BCUT2D eigenvalue weighted by atomic mass is 32.2. The Morgan fingerprint density at radius 2 is 1.50 bits per heavy atom. The quantitative estimate of drug-likeness (QED) is 0.815. The molecule has 1 aliphatic heterocycles. The molecule has 1 N–H and O–H groups in total. The molecule has 0 atom stereocenters. The smallest absolute Gasteiger partial charge is 0.283 e. The van der Waals surface area contributed by atoms with Crippen molar-refractivity contribution in [3.63, 3.8) is 0 Å². The van der Waals surface area contributed by atoms with Crippen molar-refractivity contribution in [3.8, 4) is 0 Å².